The van der Waals surface area contributed by atoms with Crippen molar-refractivity contribution in [2.45, 2.75) is 6.36 Å². The van der Waals surface area contributed by atoms with E-state index in [0.29, 0.717) is 16.4 Å². The molecule has 3 rings (SSSR count). The number of halogens is 4. The number of alkyl halides is 3. The first kappa shape index (κ1) is 13.8. The number of nitrogens with one attached hydrogen (secondary N) is 1. The van der Waals surface area contributed by atoms with Crippen LogP contribution in [0.1, 0.15) is 0 Å². The second kappa shape index (κ2) is 4.96. The average Bonchev–Trinajstić information content (AvgIpc) is 2.80. The summed E-state index contributed by atoms with van der Waals surface area (Å²) < 4.78 is 40.1. The van der Waals surface area contributed by atoms with Gasteiger partial charge in [-0.1, -0.05) is 11.6 Å². The first-order chi connectivity index (χ1) is 9.90. The van der Waals surface area contributed by atoms with Crippen LogP contribution in [0, 0.1) is 0 Å². The van der Waals surface area contributed by atoms with Gasteiger partial charge in [0.15, 0.2) is 0 Å². The number of rotatable bonds is 2. The van der Waals surface area contributed by atoms with Crippen LogP contribution in [0.4, 0.5) is 13.2 Å². The molecule has 3 aromatic rings. The standard InChI is InChI=1S/C14H8ClF3N2O/c15-9-3-6-11-12(7-9)20-13(19-11)8-1-4-10(5-2-8)21-14(16,17)18/h1-7H,(H,19,20). The largest absolute Gasteiger partial charge is 0.573 e. The van der Waals surface area contributed by atoms with E-state index in [0.717, 1.165) is 11.0 Å². The lowest BCUT2D eigenvalue weighted by atomic mass is 10.2. The van der Waals surface area contributed by atoms with Gasteiger partial charge in [-0.25, -0.2) is 4.98 Å². The number of H-pyrrole nitrogens is 1. The molecule has 0 radical (unpaired) electrons. The van der Waals surface area contributed by atoms with Crippen molar-refractivity contribution in [3.05, 3.63) is 47.5 Å². The molecule has 0 saturated carbocycles. The number of hydrogen-bond acceptors (Lipinski definition) is 2. The van der Waals surface area contributed by atoms with Gasteiger partial charge in [0.05, 0.1) is 11.0 Å². The molecule has 0 spiro atoms. The van der Waals surface area contributed by atoms with E-state index in [9.17, 15) is 13.2 Å². The van der Waals surface area contributed by atoms with Crippen molar-refractivity contribution in [3.8, 4) is 17.1 Å². The number of aromatic amines is 1. The maximum atomic E-state index is 12.1. The lowest BCUT2D eigenvalue weighted by molar-refractivity contribution is -0.274. The lowest BCUT2D eigenvalue weighted by Crippen LogP contribution is -2.16. The molecule has 0 atom stereocenters. The van der Waals surface area contributed by atoms with Crippen LogP contribution >= 0.6 is 11.6 Å². The van der Waals surface area contributed by atoms with Gasteiger partial charge in [0, 0.05) is 10.6 Å². The van der Waals surface area contributed by atoms with Gasteiger partial charge in [0.25, 0.3) is 0 Å². The van der Waals surface area contributed by atoms with Crippen LogP contribution in [0.2, 0.25) is 5.02 Å². The van der Waals surface area contributed by atoms with Crippen LogP contribution in [0.5, 0.6) is 5.75 Å². The van der Waals surface area contributed by atoms with Crippen molar-refractivity contribution in [1.29, 1.82) is 0 Å². The Morgan fingerprint density at radius 1 is 1.05 bits per heavy atom. The average molecular weight is 313 g/mol. The summed E-state index contributed by atoms with van der Waals surface area (Å²) >= 11 is 5.89. The number of aromatic nitrogens is 2. The predicted molar refractivity (Wildman–Crippen MR) is 73.2 cm³/mol. The third-order valence-electron chi connectivity index (χ3n) is 2.81. The zero-order valence-electron chi connectivity index (χ0n) is 10.4. The maximum absolute atomic E-state index is 12.1. The molecule has 0 bridgehead atoms. The second-order valence-electron chi connectivity index (χ2n) is 4.32. The highest BCUT2D eigenvalue weighted by molar-refractivity contribution is 6.31. The molecule has 108 valence electrons. The van der Waals surface area contributed by atoms with E-state index in [1.54, 1.807) is 18.2 Å². The zero-order chi connectivity index (χ0) is 15.0. The zero-order valence-corrected chi connectivity index (χ0v) is 11.2. The molecule has 0 amide bonds. The molecule has 21 heavy (non-hydrogen) atoms. The first-order valence-corrected chi connectivity index (χ1v) is 6.30. The molecule has 2 aromatic carbocycles. The molecule has 0 aliphatic heterocycles. The van der Waals surface area contributed by atoms with E-state index in [1.807, 2.05) is 0 Å². The van der Waals surface area contributed by atoms with Crippen LogP contribution in [0.3, 0.4) is 0 Å². The molecule has 0 unspecified atom stereocenters. The highest BCUT2D eigenvalue weighted by atomic mass is 35.5. The van der Waals surface area contributed by atoms with Crippen molar-refractivity contribution in [2.75, 3.05) is 0 Å². The number of imidazole rings is 1. The summed E-state index contributed by atoms with van der Waals surface area (Å²) in [5.41, 5.74) is 2.13. The Kier molecular flexibility index (Phi) is 3.25. The topological polar surface area (TPSA) is 37.9 Å². The highest BCUT2D eigenvalue weighted by Crippen LogP contribution is 2.27. The molecule has 7 heteroatoms. The predicted octanol–water partition coefficient (Wildman–Crippen LogP) is 4.78. The van der Waals surface area contributed by atoms with Gasteiger partial charge >= 0.3 is 6.36 Å². The van der Waals surface area contributed by atoms with Crippen molar-refractivity contribution < 1.29 is 17.9 Å². The lowest BCUT2D eigenvalue weighted by Gasteiger charge is -2.08. The molecule has 1 N–H and O–H groups in total. The van der Waals surface area contributed by atoms with Crippen LogP contribution in [-0.2, 0) is 0 Å². The Hall–Kier alpha value is -2.21. The Labute approximate surface area is 122 Å². The fraction of sp³-hybridized carbons (Fsp3) is 0.0714. The van der Waals surface area contributed by atoms with Crippen LogP contribution in [0.25, 0.3) is 22.4 Å². The van der Waals surface area contributed by atoms with Gasteiger partial charge in [-0.3, -0.25) is 0 Å². The summed E-state index contributed by atoms with van der Waals surface area (Å²) in [6.07, 6.45) is -4.70. The summed E-state index contributed by atoms with van der Waals surface area (Å²) in [4.78, 5) is 7.41. The Balaban J connectivity index is 1.91. The summed E-state index contributed by atoms with van der Waals surface area (Å²) in [7, 11) is 0. The number of nitrogens with zero attached hydrogens (tertiary/aromatic N) is 1. The van der Waals surface area contributed by atoms with Gasteiger partial charge in [0.2, 0.25) is 0 Å². The van der Waals surface area contributed by atoms with Crippen molar-refractivity contribution in [3.63, 3.8) is 0 Å². The highest BCUT2D eigenvalue weighted by Gasteiger charge is 2.30. The van der Waals surface area contributed by atoms with Crippen molar-refractivity contribution in [1.82, 2.24) is 9.97 Å². The smallest absolute Gasteiger partial charge is 0.406 e. The van der Waals surface area contributed by atoms with E-state index >= 15 is 0 Å². The normalized spacial score (nSPS) is 11.8. The molecular formula is C14H8ClF3N2O. The third kappa shape index (κ3) is 3.11. The third-order valence-corrected chi connectivity index (χ3v) is 3.04. The van der Waals surface area contributed by atoms with Gasteiger partial charge in [-0.05, 0) is 42.5 Å². The fourth-order valence-corrected chi connectivity index (χ4v) is 2.11. The van der Waals surface area contributed by atoms with E-state index < -0.39 is 6.36 Å². The van der Waals surface area contributed by atoms with E-state index in [1.165, 1.54) is 24.3 Å². The van der Waals surface area contributed by atoms with Crippen LogP contribution in [0.15, 0.2) is 42.5 Å². The van der Waals surface area contributed by atoms with Gasteiger partial charge < -0.3 is 9.72 Å². The quantitative estimate of drug-likeness (QED) is 0.739. The van der Waals surface area contributed by atoms with E-state index in [2.05, 4.69) is 14.7 Å². The fourth-order valence-electron chi connectivity index (χ4n) is 1.93. The summed E-state index contributed by atoms with van der Waals surface area (Å²) in [6, 6.07) is 10.7. The van der Waals surface area contributed by atoms with Gasteiger partial charge in [-0.2, -0.15) is 0 Å². The molecule has 1 aromatic heterocycles. The van der Waals surface area contributed by atoms with Crippen LogP contribution in [-0.4, -0.2) is 16.3 Å². The van der Waals surface area contributed by atoms with Gasteiger partial charge in [0.1, 0.15) is 11.6 Å². The van der Waals surface area contributed by atoms with E-state index in [-0.39, 0.29) is 5.75 Å². The summed E-state index contributed by atoms with van der Waals surface area (Å²) in [5, 5.41) is 0.576. The summed E-state index contributed by atoms with van der Waals surface area (Å²) in [5.74, 6) is 0.274. The molecule has 0 aliphatic carbocycles. The molecule has 3 nitrogen and oxygen atoms in total. The molecular weight excluding hydrogens is 305 g/mol. The number of benzene rings is 2. The minimum atomic E-state index is -4.70. The Morgan fingerprint density at radius 3 is 2.43 bits per heavy atom. The van der Waals surface area contributed by atoms with Crippen LogP contribution < -0.4 is 4.74 Å². The Morgan fingerprint density at radius 2 is 1.76 bits per heavy atom. The number of hydrogen-bond donors (Lipinski definition) is 1. The minimum absolute atomic E-state index is 0.273. The molecule has 0 fully saturated rings. The molecule has 1 heterocycles. The molecule has 0 aliphatic rings. The molecule has 0 saturated heterocycles. The second-order valence-corrected chi connectivity index (χ2v) is 4.76. The van der Waals surface area contributed by atoms with Crippen molar-refractivity contribution >= 4 is 22.6 Å². The SMILES string of the molecule is FC(F)(F)Oc1ccc(-c2nc3ccc(Cl)cc3[nH]2)cc1. The van der Waals surface area contributed by atoms with Gasteiger partial charge in [-0.15, -0.1) is 13.2 Å². The monoisotopic (exact) mass is 312 g/mol. The van der Waals surface area contributed by atoms with Crippen molar-refractivity contribution in [2.24, 2.45) is 0 Å². The van der Waals surface area contributed by atoms with E-state index in [4.69, 9.17) is 11.6 Å². The number of ether oxygens (including phenoxy) is 1. The summed E-state index contributed by atoms with van der Waals surface area (Å²) in [6.45, 7) is 0. The first-order valence-electron chi connectivity index (χ1n) is 5.92. The maximum Gasteiger partial charge on any atom is 0.573 e. The Bertz CT molecular complexity index is 781. The number of fused-ring (bicyclic) bond motifs is 1. The minimum Gasteiger partial charge on any atom is -0.406 e.